The Labute approximate surface area is 120 Å². The van der Waals surface area contributed by atoms with Gasteiger partial charge in [0.15, 0.2) is 5.54 Å². The molecule has 21 heavy (non-hydrogen) atoms. The van der Waals surface area contributed by atoms with Gasteiger partial charge >= 0.3 is 12.1 Å². The Morgan fingerprint density at radius 2 is 2.05 bits per heavy atom. The van der Waals surface area contributed by atoms with Crippen molar-refractivity contribution in [3.8, 4) is 6.07 Å². The van der Waals surface area contributed by atoms with Crippen molar-refractivity contribution in [2.75, 3.05) is 11.5 Å². The molecule has 2 saturated heterocycles. The van der Waals surface area contributed by atoms with Crippen LogP contribution in [0.4, 0.5) is 15.3 Å². The minimum Gasteiger partial charge on any atom is -0.446 e. The van der Waals surface area contributed by atoms with Crippen LogP contribution < -0.4 is 4.90 Å². The molecule has 7 nitrogen and oxygen atoms in total. The van der Waals surface area contributed by atoms with Gasteiger partial charge in [0.05, 0.1) is 17.3 Å². The van der Waals surface area contributed by atoms with E-state index in [-0.39, 0.29) is 6.61 Å². The summed E-state index contributed by atoms with van der Waals surface area (Å²) < 4.78 is 4.78. The predicted molar refractivity (Wildman–Crippen MR) is 70.4 cm³/mol. The van der Waals surface area contributed by atoms with E-state index < -0.39 is 23.6 Å². The van der Waals surface area contributed by atoms with Crippen LogP contribution in [0.5, 0.6) is 0 Å². The van der Waals surface area contributed by atoms with Crippen molar-refractivity contribution in [2.24, 2.45) is 0 Å². The smallest absolute Gasteiger partial charge is 0.419 e. The first kappa shape index (κ1) is 13.1. The molecule has 106 valence electrons. The number of nitrogens with zero attached hydrogens (tertiary/aromatic N) is 3. The Hall–Kier alpha value is -2.88. The average molecular weight is 285 g/mol. The van der Waals surface area contributed by atoms with E-state index in [1.165, 1.54) is 19.1 Å². The van der Waals surface area contributed by atoms with Crippen molar-refractivity contribution < 1.29 is 19.1 Å². The second-order valence-corrected chi connectivity index (χ2v) is 5.20. The van der Waals surface area contributed by atoms with E-state index in [0.29, 0.717) is 16.8 Å². The first-order chi connectivity index (χ1) is 9.90. The van der Waals surface area contributed by atoms with Crippen LogP contribution >= 0.6 is 0 Å². The maximum absolute atomic E-state index is 12.5. The molecule has 0 N–H and O–H groups in total. The molecular formula is C14H11N3O4. The molecule has 0 bridgehead atoms. The van der Waals surface area contributed by atoms with Gasteiger partial charge in [-0.05, 0) is 37.6 Å². The molecule has 7 heteroatoms. The van der Waals surface area contributed by atoms with Crippen LogP contribution in [0.25, 0.3) is 0 Å². The highest BCUT2D eigenvalue weighted by molar-refractivity contribution is 6.27. The Bertz CT molecular complexity index is 736. The number of fused-ring (bicyclic) bond motifs is 1. The van der Waals surface area contributed by atoms with Crippen molar-refractivity contribution in [1.29, 1.82) is 5.26 Å². The summed E-state index contributed by atoms with van der Waals surface area (Å²) in [6.45, 7) is 3.06. The third kappa shape index (κ3) is 1.56. The zero-order chi connectivity index (χ0) is 15.4. The Morgan fingerprint density at radius 3 is 2.62 bits per heavy atom. The van der Waals surface area contributed by atoms with Crippen LogP contribution in [0.2, 0.25) is 0 Å². The van der Waals surface area contributed by atoms with Crippen molar-refractivity contribution in [1.82, 2.24) is 4.90 Å². The lowest BCUT2D eigenvalue weighted by molar-refractivity contribution is -0.123. The van der Waals surface area contributed by atoms with Crippen LogP contribution in [-0.4, -0.2) is 35.1 Å². The number of anilines is 1. The minimum absolute atomic E-state index is 0.151. The lowest BCUT2D eigenvalue weighted by atomic mass is 10.0. The van der Waals surface area contributed by atoms with Gasteiger partial charge in [0.1, 0.15) is 6.61 Å². The number of carbonyl (C=O) groups excluding carboxylic acids is 3. The van der Waals surface area contributed by atoms with Crippen molar-refractivity contribution in [2.45, 2.75) is 19.4 Å². The number of hydrogen-bond acceptors (Lipinski definition) is 5. The van der Waals surface area contributed by atoms with Crippen LogP contribution in [-0.2, 0) is 9.53 Å². The number of nitriles is 1. The fourth-order valence-corrected chi connectivity index (χ4v) is 2.55. The highest BCUT2D eigenvalue weighted by atomic mass is 16.6. The molecule has 2 heterocycles. The summed E-state index contributed by atoms with van der Waals surface area (Å²) >= 11 is 0. The molecule has 0 radical (unpaired) electrons. The third-order valence-electron chi connectivity index (χ3n) is 3.79. The summed E-state index contributed by atoms with van der Waals surface area (Å²) in [7, 11) is 0. The van der Waals surface area contributed by atoms with Crippen LogP contribution in [0.1, 0.15) is 18.1 Å². The van der Waals surface area contributed by atoms with Crippen LogP contribution in [0.3, 0.4) is 0 Å². The molecule has 0 aliphatic carbocycles. The summed E-state index contributed by atoms with van der Waals surface area (Å²) in [5, 5.41) is 8.92. The molecule has 2 aliphatic heterocycles. The van der Waals surface area contributed by atoms with Crippen LogP contribution in [0.15, 0.2) is 18.2 Å². The minimum atomic E-state index is -1.30. The number of carbonyl (C=O) groups is 3. The van der Waals surface area contributed by atoms with Gasteiger partial charge in [-0.1, -0.05) is 0 Å². The highest BCUT2D eigenvalue weighted by Gasteiger charge is 2.62. The number of benzene rings is 1. The second-order valence-electron chi connectivity index (χ2n) is 5.20. The topological polar surface area (TPSA) is 90.7 Å². The van der Waals surface area contributed by atoms with E-state index in [0.717, 1.165) is 9.80 Å². The van der Waals surface area contributed by atoms with Gasteiger partial charge in [-0.2, -0.15) is 5.26 Å². The lowest BCUT2D eigenvalue weighted by Crippen LogP contribution is -2.45. The molecule has 1 aromatic carbocycles. The number of ether oxygens (including phenoxy) is 1. The summed E-state index contributed by atoms with van der Waals surface area (Å²) in [6.07, 6.45) is -0.816. The molecule has 2 aliphatic rings. The first-order valence-electron chi connectivity index (χ1n) is 6.26. The largest absolute Gasteiger partial charge is 0.446 e. The fourth-order valence-electron chi connectivity index (χ4n) is 2.55. The first-order valence-corrected chi connectivity index (χ1v) is 6.26. The standard InChI is InChI=1S/C14H11N3O4/c1-8-5-10(4-3-9(8)6-15)16-11(18)14(2)7-21-13(20)17(14)12(16)19/h3-5H,7H2,1-2H3. The summed E-state index contributed by atoms with van der Waals surface area (Å²) in [6, 6.07) is 5.91. The van der Waals surface area contributed by atoms with Gasteiger partial charge in [0.25, 0.3) is 5.91 Å². The van der Waals surface area contributed by atoms with Gasteiger partial charge < -0.3 is 4.74 Å². The van der Waals surface area contributed by atoms with E-state index in [1.54, 1.807) is 13.0 Å². The van der Waals surface area contributed by atoms with E-state index in [4.69, 9.17) is 10.00 Å². The van der Waals surface area contributed by atoms with Gasteiger partial charge in [0, 0.05) is 0 Å². The Balaban J connectivity index is 2.07. The second kappa shape index (κ2) is 4.06. The number of imide groups is 2. The zero-order valence-electron chi connectivity index (χ0n) is 11.4. The molecule has 1 unspecified atom stereocenters. The third-order valence-corrected chi connectivity index (χ3v) is 3.79. The molecule has 1 aromatic rings. The van der Waals surface area contributed by atoms with Crippen LogP contribution in [0, 0.1) is 18.3 Å². The highest BCUT2D eigenvalue weighted by Crippen LogP contribution is 2.37. The van der Waals surface area contributed by atoms with Crippen molar-refractivity contribution in [3.05, 3.63) is 29.3 Å². The molecule has 4 amide bonds. The summed E-state index contributed by atoms with van der Waals surface area (Å²) in [4.78, 5) is 38.3. The Kier molecular flexibility index (Phi) is 2.53. The summed E-state index contributed by atoms with van der Waals surface area (Å²) in [5.74, 6) is -0.512. The van der Waals surface area contributed by atoms with Gasteiger partial charge in [-0.15, -0.1) is 0 Å². The van der Waals surface area contributed by atoms with Crippen molar-refractivity contribution >= 4 is 23.7 Å². The quantitative estimate of drug-likeness (QED) is 0.730. The molecule has 3 rings (SSSR count). The number of amides is 4. The molecular weight excluding hydrogens is 274 g/mol. The number of cyclic esters (lactones) is 1. The Morgan fingerprint density at radius 1 is 1.33 bits per heavy atom. The maximum atomic E-state index is 12.5. The number of rotatable bonds is 1. The monoisotopic (exact) mass is 285 g/mol. The maximum Gasteiger partial charge on any atom is 0.419 e. The SMILES string of the molecule is Cc1cc(N2C(=O)N3C(=O)OCC3(C)C2=O)ccc1C#N. The van der Waals surface area contributed by atoms with Crippen molar-refractivity contribution in [3.63, 3.8) is 0 Å². The van der Waals surface area contributed by atoms with E-state index in [9.17, 15) is 14.4 Å². The van der Waals surface area contributed by atoms with Gasteiger partial charge in [-0.3, -0.25) is 4.79 Å². The van der Waals surface area contributed by atoms with Gasteiger partial charge in [-0.25, -0.2) is 19.4 Å². The molecule has 0 spiro atoms. The molecule has 0 saturated carbocycles. The lowest BCUT2D eigenvalue weighted by Gasteiger charge is -2.17. The van der Waals surface area contributed by atoms with E-state index in [1.807, 2.05) is 6.07 Å². The number of hydrogen-bond donors (Lipinski definition) is 0. The summed E-state index contributed by atoms with van der Waals surface area (Å²) in [5.41, 5.74) is 0.153. The zero-order valence-corrected chi connectivity index (χ0v) is 11.4. The molecule has 0 aromatic heterocycles. The predicted octanol–water partition coefficient (Wildman–Crippen LogP) is 1.54. The number of urea groups is 1. The normalized spacial score (nSPS) is 24.1. The fraction of sp³-hybridized carbons (Fsp3) is 0.286. The van der Waals surface area contributed by atoms with Gasteiger partial charge in [0.2, 0.25) is 0 Å². The van der Waals surface area contributed by atoms with E-state index >= 15 is 0 Å². The molecule has 1 atom stereocenters. The number of aryl methyl sites for hydroxylation is 1. The average Bonchev–Trinajstić information content (AvgIpc) is 2.85. The van der Waals surface area contributed by atoms with E-state index in [2.05, 4.69) is 0 Å². The molecule has 2 fully saturated rings.